The number of rotatable bonds is 11. The predicted octanol–water partition coefficient (Wildman–Crippen LogP) is 1.19. The minimum Gasteiger partial charge on any atom is -0.317 e. The molecule has 6 heteroatoms. The van der Waals surface area contributed by atoms with E-state index in [0.29, 0.717) is 19.0 Å². The minimum absolute atomic E-state index is 0.453. The zero-order chi connectivity index (χ0) is 14.3. The first kappa shape index (κ1) is 16.9. The highest BCUT2D eigenvalue weighted by Crippen LogP contribution is 2.36. The molecule has 0 radical (unpaired) electrons. The Morgan fingerprint density at radius 3 is 2.58 bits per heavy atom. The maximum atomic E-state index is 12.0. The minimum atomic E-state index is -3.30. The molecule has 5 nitrogen and oxygen atoms in total. The number of hydrogen-bond acceptors (Lipinski definition) is 3. The van der Waals surface area contributed by atoms with Crippen LogP contribution in [0.3, 0.4) is 0 Å². The Morgan fingerprint density at radius 1 is 1.32 bits per heavy atom. The SMILES string of the molecule is CCCNCCCN(C)S(=O)(=O)NCC(C)C1CC1. The van der Waals surface area contributed by atoms with Crippen LogP contribution in [0.2, 0.25) is 0 Å². The first-order valence-electron chi connectivity index (χ1n) is 7.39. The van der Waals surface area contributed by atoms with E-state index in [2.05, 4.69) is 23.9 Å². The molecule has 19 heavy (non-hydrogen) atoms. The third-order valence-corrected chi connectivity index (χ3v) is 5.21. The van der Waals surface area contributed by atoms with Gasteiger partial charge in [0.15, 0.2) is 0 Å². The average molecular weight is 291 g/mol. The van der Waals surface area contributed by atoms with Crippen molar-refractivity contribution < 1.29 is 8.42 Å². The van der Waals surface area contributed by atoms with Crippen molar-refractivity contribution in [3.63, 3.8) is 0 Å². The Hall–Kier alpha value is -0.170. The summed E-state index contributed by atoms with van der Waals surface area (Å²) in [6, 6.07) is 0. The smallest absolute Gasteiger partial charge is 0.279 e. The van der Waals surface area contributed by atoms with E-state index < -0.39 is 10.2 Å². The maximum Gasteiger partial charge on any atom is 0.279 e. The van der Waals surface area contributed by atoms with Crippen molar-refractivity contribution in [1.82, 2.24) is 14.3 Å². The van der Waals surface area contributed by atoms with E-state index in [-0.39, 0.29) is 0 Å². The third kappa shape index (κ3) is 6.70. The van der Waals surface area contributed by atoms with Crippen LogP contribution in [0.5, 0.6) is 0 Å². The second-order valence-electron chi connectivity index (χ2n) is 5.59. The van der Waals surface area contributed by atoms with E-state index >= 15 is 0 Å². The number of nitrogens with zero attached hydrogens (tertiary/aromatic N) is 1. The Morgan fingerprint density at radius 2 is 2.00 bits per heavy atom. The van der Waals surface area contributed by atoms with Gasteiger partial charge in [-0.1, -0.05) is 13.8 Å². The fraction of sp³-hybridized carbons (Fsp3) is 1.00. The summed E-state index contributed by atoms with van der Waals surface area (Å²) in [6.07, 6.45) is 4.45. The lowest BCUT2D eigenvalue weighted by atomic mass is 10.1. The zero-order valence-electron chi connectivity index (χ0n) is 12.5. The molecule has 2 N–H and O–H groups in total. The summed E-state index contributed by atoms with van der Waals surface area (Å²) in [5.74, 6) is 1.18. The molecular formula is C13H29N3O2S. The van der Waals surface area contributed by atoms with Crippen LogP contribution in [0.4, 0.5) is 0 Å². The van der Waals surface area contributed by atoms with E-state index in [4.69, 9.17) is 0 Å². The summed E-state index contributed by atoms with van der Waals surface area (Å²) in [5.41, 5.74) is 0. The lowest BCUT2D eigenvalue weighted by molar-refractivity contribution is 0.430. The van der Waals surface area contributed by atoms with E-state index in [9.17, 15) is 8.42 Å². The van der Waals surface area contributed by atoms with Crippen molar-refractivity contribution in [3.05, 3.63) is 0 Å². The standard InChI is InChI=1S/C13H29N3O2S/c1-4-8-14-9-5-10-16(3)19(17,18)15-11-12(2)13-6-7-13/h12-15H,4-11H2,1-3H3. The predicted molar refractivity (Wildman–Crippen MR) is 79.2 cm³/mol. The Labute approximate surface area is 118 Å². The molecule has 0 aromatic rings. The Balaban J connectivity index is 2.18. The molecule has 1 unspecified atom stereocenters. The highest BCUT2D eigenvalue weighted by atomic mass is 32.2. The molecule has 1 rings (SSSR count). The molecule has 0 amide bonds. The monoisotopic (exact) mass is 291 g/mol. The van der Waals surface area contributed by atoms with E-state index in [0.717, 1.165) is 31.8 Å². The van der Waals surface area contributed by atoms with Gasteiger partial charge in [-0.2, -0.15) is 12.7 Å². The lowest BCUT2D eigenvalue weighted by Crippen LogP contribution is -2.41. The van der Waals surface area contributed by atoms with Crippen molar-refractivity contribution in [2.75, 3.05) is 33.2 Å². The molecule has 114 valence electrons. The van der Waals surface area contributed by atoms with Crippen LogP contribution < -0.4 is 10.0 Å². The quantitative estimate of drug-likeness (QED) is 0.562. The molecule has 0 aromatic heterocycles. The molecular weight excluding hydrogens is 262 g/mol. The second kappa shape index (κ2) is 8.19. The van der Waals surface area contributed by atoms with Crippen molar-refractivity contribution in [2.24, 2.45) is 11.8 Å². The Kier molecular flexibility index (Phi) is 7.28. The van der Waals surface area contributed by atoms with Gasteiger partial charge in [0, 0.05) is 20.1 Å². The molecule has 1 aliphatic carbocycles. The van der Waals surface area contributed by atoms with Crippen LogP contribution in [0, 0.1) is 11.8 Å². The lowest BCUT2D eigenvalue weighted by Gasteiger charge is -2.19. The summed E-state index contributed by atoms with van der Waals surface area (Å²) >= 11 is 0. The summed E-state index contributed by atoms with van der Waals surface area (Å²) in [6.45, 7) is 7.22. The van der Waals surface area contributed by atoms with E-state index in [1.165, 1.54) is 17.1 Å². The fourth-order valence-electron chi connectivity index (χ4n) is 2.03. The molecule has 0 spiro atoms. The normalized spacial score (nSPS) is 17.9. The zero-order valence-corrected chi connectivity index (χ0v) is 13.3. The first-order chi connectivity index (χ1) is 8.97. The van der Waals surface area contributed by atoms with Crippen LogP contribution in [-0.4, -0.2) is 45.9 Å². The van der Waals surface area contributed by atoms with E-state index in [1.54, 1.807) is 7.05 Å². The third-order valence-electron chi connectivity index (χ3n) is 3.68. The van der Waals surface area contributed by atoms with Crippen LogP contribution >= 0.6 is 0 Å². The van der Waals surface area contributed by atoms with Gasteiger partial charge in [-0.05, 0) is 50.6 Å². The van der Waals surface area contributed by atoms with Gasteiger partial charge in [0.25, 0.3) is 10.2 Å². The molecule has 0 aliphatic heterocycles. The highest BCUT2D eigenvalue weighted by Gasteiger charge is 2.29. The molecule has 1 atom stereocenters. The summed E-state index contributed by atoms with van der Waals surface area (Å²) in [5, 5.41) is 3.27. The van der Waals surface area contributed by atoms with Crippen molar-refractivity contribution >= 4 is 10.2 Å². The van der Waals surface area contributed by atoms with Crippen LogP contribution in [-0.2, 0) is 10.2 Å². The van der Waals surface area contributed by atoms with Crippen molar-refractivity contribution in [1.29, 1.82) is 0 Å². The summed E-state index contributed by atoms with van der Waals surface area (Å²) in [7, 11) is -1.66. The fourth-order valence-corrected chi connectivity index (χ4v) is 3.09. The van der Waals surface area contributed by atoms with Gasteiger partial charge in [0.05, 0.1) is 0 Å². The van der Waals surface area contributed by atoms with Gasteiger partial charge < -0.3 is 5.32 Å². The molecule has 0 aromatic carbocycles. The first-order valence-corrected chi connectivity index (χ1v) is 8.83. The number of nitrogens with one attached hydrogen (secondary N) is 2. The van der Waals surface area contributed by atoms with Gasteiger partial charge in [0.1, 0.15) is 0 Å². The Bertz CT molecular complexity index is 342. The van der Waals surface area contributed by atoms with Gasteiger partial charge in [-0.25, -0.2) is 4.72 Å². The van der Waals surface area contributed by atoms with Crippen molar-refractivity contribution in [3.8, 4) is 0 Å². The van der Waals surface area contributed by atoms with Crippen LogP contribution in [0.15, 0.2) is 0 Å². The largest absolute Gasteiger partial charge is 0.317 e. The van der Waals surface area contributed by atoms with E-state index in [1.807, 2.05) is 0 Å². The van der Waals surface area contributed by atoms with Crippen molar-refractivity contribution in [2.45, 2.75) is 39.5 Å². The van der Waals surface area contributed by atoms with Gasteiger partial charge in [0.2, 0.25) is 0 Å². The van der Waals surface area contributed by atoms with Crippen LogP contribution in [0.1, 0.15) is 39.5 Å². The second-order valence-corrected chi connectivity index (χ2v) is 7.46. The van der Waals surface area contributed by atoms with Crippen LogP contribution in [0.25, 0.3) is 0 Å². The molecule has 0 saturated heterocycles. The van der Waals surface area contributed by atoms with Gasteiger partial charge in [-0.15, -0.1) is 0 Å². The number of hydrogen-bond donors (Lipinski definition) is 2. The highest BCUT2D eigenvalue weighted by molar-refractivity contribution is 7.87. The summed E-state index contributed by atoms with van der Waals surface area (Å²) < 4.78 is 28.1. The topological polar surface area (TPSA) is 61.4 Å². The molecule has 1 fully saturated rings. The summed E-state index contributed by atoms with van der Waals surface area (Å²) in [4.78, 5) is 0. The molecule has 0 heterocycles. The molecule has 1 saturated carbocycles. The van der Waals surface area contributed by atoms with Gasteiger partial charge in [-0.3, -0.25) is 0 Å². The van der Waals surface area contributed by atoms with Gasteiger partial charge >= 0.3 is 0 Å². The average Bonchev–Trinajstić information content (AvgIpc) is 3.19. The molecule has 0 bridgehead atoms. The molecule has 1 aliphatic rings. The maximum absolute atomic E-state index is 12.0.